The van der Waals surface area contributed by atoms with Crippen LogP contribution in [-0.4, -0.2) is 30.9 Å². The van der Waals surface area contributed by atoms with Gasteiger partial charge in [0.2, 0.25) is 0 Å². The molecule has 1 aliphatic rings. The van der Waals surface area contributed by atoms with E-state index in [1.165, 1.54) is 0 Å². The second kappa shape index (κ2) is 7.13. The molecule has 0 spiro atoms. The smallest absolute Gasteiger partial charge is 0.316 e. The van der Waals surface area contributed by atoms with E-state index >= 15 is 0 Å². The highest BCUT2D eigenvalue weighted by molar-refractivity contribution is 6.01. The van der Waals surface area contributed by atoms with Crippen molar-refractivity contribution in [2.75, 3.05) is 13.2 Å². The van der Waals surface area contributed by atoms with E-state index in [2.05, 4.69) is 0 Å². The summed E-state index contributed by atoms with van der Waals surface area (Å²) < 4.78 is 9.67. The molecule has 0 aromatic carbocycles. The first-order valence-electron chi connectivity index (χ1n) is 6.46. The lowest BCUT2D eigenvalue weighted by Gasteiger charge is -2.09. The largest absolute Gasteiger partial charge is 0.466 e. The Kier molecular flexibility index (Phi) is 5.82. The van der Waals surface area contributed by atoms with Crippen LogP contribution in [0, 0.1) is 11.8 Å². The van der Waals surface area contributed by atoms with Crippen molar-refractivity contribution in [2.24, 2.45) is 11.8 Å². The zero-order chi connectivity index (χ0) is 13.5. The van der Waals surface area contributed by atoms with Crippen molar-refractivity contribution in [3.63, 3.8) is 0 Å². The lowest BCUT2D eigenvalue weighted by molar-refractivity contribution is -0.150. The first kappa shape index (κ1) is 14.7. The van der Waals surface area contributed by atoms with Gasteiger partial charge < -0.3 is 9.47 Å². The highest BCUT2D eigenvalue weighted by Crippen LogP contribution is 2.31. The summed E-state index contributed by atoms with van der Waals surface area (Å²) in [6, 6.07) is 0. The quantitative estimate of drug-likeness (QED) is 0.532. The van der Waals surface area contributed by atoms with E-state index in [9.17, 15) is 14.4 Å². The Morgan fingerprint density at radius 3 is 2.44 bits per heavy atom. The molecule has 102 valence electrons. The summed E-state index contributed by atoms with van der Waals surface area (Å²) in [5.74, 6) is -1.63. The average molecular weight is 256 g/mol. The number of carbonyl (C=O) groups excluding carboxylic acids is 3. The molecule has 0 saturated heterocycles. The van der Waals surface area contributed by atoms with Crippen molar-refractivity contribution in [2.45, 2.75) is 39.5 Å². The topological polar surface area (TPSA) is 69.7 Å². The minimum Gasteiger partial charge on any atom is -0.466 e. The molecule has 0 aliphatic heterocycles. The molecule has 1 rings (SSSR count). The summed E-state index contributed by atoms with van der Waals surface area (Å²) in [5, 5.41) is 0. The highest BCUT2D eigenvalue weighted by atomic mass is 16.5. The summed E-state index contributed by atoms with van der Waals surface area (Å²) in [7, 11) is 0. The molecular formula is C13H20O5. The third-order valence-corrected chi connectivity index (χ3v) is 3.12. The molecule has 0 bridgehead atoms. The van der Waals surface area contributed by atoms with Crippen molar-refractivity contribution in [1.29, 1.82) is 0 Å². The fourth-order valence-electron chi connectivity index (χ4n) is 2.23. The van der Waals surface area contributed by atoms with Crippen LogP contribution in [0.25, 0.3) is 0 Å². The Morgan fingerprint density at radius 2 is 1.83 bits per heavy atom. The Balaban J connectivity index is 2.40. The predicted octanol–water partition coefficient (Wildman–Crippen LogP) is 1.49. The molecule has 1 saturated carbocycles. The third kappa shape index (κ3) is 3.82. The van der Waals surface area contributed by atoms with E-state index in [0.717, 1.165) is 0 Å². The Labute approximate surface area is 107 Å². The first-order chi connectivity index (χ1) is 8.60. The maximum atomic E-state index is 11.9. The highest BCUT2D eigenvalue weighted by Gasteiger charge is 2.39. The van der Waals surface area contributed by atoms with Gasteiger partial charge in [-0.15, -0.1) is 0 Å². The summed E-state index contributed by atoms with van der Waals surface area (Å²) in [6.45, 7) is 4.10. The van der Waals surface area contributed by atoms with Gasteiger partial charge >= 0.3 is 11.9 Å². The number of ketones is 1. The van der Waals surface area contributed by atoms with E-state index in [4.69, 9.17) is 9.47 Å². The number of rotatable bonds is 6. The van der Waals surface area contributed by atoms with Gasteiger partial charge in [0, 0.05) is 12.3 Å². The van der Waals surface area contributed by atoms with Gasteiger partial charge in [0.1, 0.15) is 11.7 Å². The molecule has 5 nitrogen and oxygen atoms in total. The van der Waals surface area contributed by atoms with E-state index < -0.39 is 11.9 Å². The molecule has 2 atom stereocenters. The molecule has 18 heavy (non-hydrogen) atoms. The number of esters is 2. The summed E-state index contributed by atoms with van der Waals surface area (Å²) in [6.07, 6.45) is 1.89. The van der Waals surface area contributed by atoms with E-state index in [1.807, 2.05) is 0 Å². The Hall–Kier alpha value is -1.39. The second-order valence-electron chi connectivity index (χ2n) is 4.32. The molecule has 0 aromatic rings. The van der Waals surface area contributed by atoms with Crippen molar-refractivity contribution in [3.05, 3.63) is 0 Å². The maximum absolute atomic E-state index is 11.9. The number of hydrogen-bond donors (Lipinski definition) is 0. The van der Waals surface area contributed by atoms with Crippen LogP contribution in [0.1, 0.15) is 39.5 Å². The molecular weight excluding hydrogens is 236 g/mol. The van der Waals surface area contributed by atoms with Crippen molar-refractivity contribution < 1.29 is 23.9 Å². The lowest BCUT2D eigenvalue weighted by Crippen LogP contribution is -2.24. The average Bonchev–Trinajstić information content (AvgIpc) is 2.69. The van der Waals surface area contributed by atoms with Crippen LogP contribution in [-0.2, 0) is 23.9 Å². The van der Waals surface area contributed by atoms with Crippen LogP contribution < -0.4 is 0 Å². The molecule has 5 heteroatoms. The fourth-order valence-corrected chi connectivity index (χ4v) is 2.23. The number of Topliss-reactive ketones (excluding diaryl/α,β-unsaturated/α-hetero) is 1. The molecule has 0 N–H and O–H groups in total. The third-order valence-electron chi connectivity index (χ3n) is 3.12. The van der Waals surface area contributed by atoms with Gasteiger partial charge in [-0.05, 0) is 33.1 Å². The van der Waals surface area contributed by atoms with Gasteiger partial charge in [0.15, 0.2) is 0 Å². The molecule has 0 amide bonds. The fraction of sp³-hybridized carbons (Fsp3) is 0.769. The summed E-state index contributed by atoms with van der Waals surface area (Å²) >= 11 is 0. The van der Waals surface area contributed by atoms with E-state index in [1.54, 1.807) is 13.8 Å². The molecule has 0 heterocycles. The van der Waals surface area contributed by atoms with Crippen molar-refractivity contribution in [1.82, 2.24) is 0 Å². The van der Waals surface area contributed by atoms with Crippen LogP contribution in [0.2, 0.25) is 0 Å². The number of carbonyl (C=O) groups is 3. The van der Waals surface area contributed by atoms with E-state index in [-0.39, 0.29) is 30.7 Å². The van der Waals surface area contributed by atoms with Gasteiger partial charge in [-0.1, -0.05) is 0 Å². The van der Waals surface area contributed by atoms with Gasteiger partial charge in [-0.25, -0.2) is 0 Å². The second-order valence-corrected chi connectivity index (χ2v) is 4.32. The van der Waals surface area contributed by atoms with E-state index in [0.29, 0.717) is 25.9 Å². The zero-order valence-electron chi connectivity index (χ0n) is 10.9. The first-order valence-corrected chi connectivity index (χ1v) is 6.46. The molecule has 1 fully saturated rings. The zero-order valence-corrected chi connectivity index (χ0v) is 10.9. The van der Waals surface area contributed by atoms with Crippen LogP contribution in [0.3, 0.4) is 0 Å². The Bertz CT molecular complexity index is 323. The Morgan fingerprint density at radius 1 is 1.17 bits per heavy atom. The van der Waals surface area contributed by atoms with Crippen LogP contribution in [0.4, 0.5) is 0 Å². The predicted molar refractivity (Wildman–Crippen MR) is 63.7 cm³/mol. The molecule has 1 aliphatic carbocycles. The van der Waals surface area contributed by atoms with Crippen molar-refractivity contribution in [3.8, 4) is 0 Å². The van der Waals surface area contributed by atoms with Crippen LogP contribution in [0.5, 0.6) is 0 Å². The maximum Gasteiger partial charge on any atom is 0.316 e. The lowest BCUT2D eigenvalue weighted by atomic mass is 9.98. The van der Waals surface area contributed by atoms with Gasteiger partial charge in [-0.3, -0.25) is 14.4 Å². The van der Waals surface area contributed by atoms with Gasteiger partial charge in [0.25, 0.3) is 0 Å². The van der Waals surface area contributed by atoms with Gasteiger partial charge in [0.05, 0.1) is 13.2 Å². The van der Waals surface area contributed by atoms with Gasteiger partial charge in [-0.2, -0.15) is 0 Å². The summed E-state index contributed by atoms with van der Waals surface area (Å²) in [5.41, 5.74) is 0. The van der Waals surface area contributed by atoms with Crippen molar-refractivity contribution >= 4 is 17.7 Å². The normalized spacial score (nSPS) is 22.9. The molecule has 0 aromatic heterocycles. The number of hydrogen-bond acceptors (Lipinski definition) is 5. The SMILES string of the molecule is CCOC(=O)CC[C@@H]1CC[C@H](C(=O)OCC)C1=O. The standard InChI is InChI=1S/C13H20O5/c1-3-17-11(14)8-6-9-5-7-10(12(9)15)13(16)18-4-2/h9-10H,3-8H2,1-2H3/t9-,10-/m0/s1. The van der Waals surface area contributed by atoms with Crippen LogP contribution >= 0.6 is 0 Å². The monoisotopic (exact) mass is 256 g/mol. The molecule has 0 unspecified atom stereocenters. The van der Waals surface area contributed by atoms with Crippen LogP contribution in [0.15, 0.2) is 0 Å². The minimum atomic E-state index is -0.628. The number of ether oxygens (including phenoxy) is 2. The minimum absolute atomic E-state index is 0.0854. The summed E-state index contributed by atoms with van der Waals surface area (Å²) in [4.78, 5) is 34.6. The molecule has 0 radical (unpaired) electrons.